The highest BCUT2D eigenvalue weighted by Gasteiger charge is 2.17. The topological polar surface area (TPSA) is 85.1 Å². The smallest absolute Gasteiger partial charge is 0.295 e. The first-order valence-corrected chi connectivity index (χ1v) is 4.93. The number of nitrogens with one attached hydrogen (secondary N) is 1. The lowest BCUT2D eigenvalue weighted by molar-refractivity contribution is -0.384. The summed E-state index contributed by atoms with van der Waals surface area (Å²) < 4.78 is 0. The maximum absolute atomic E-state index is 10.8. The average molecular weight is 223 g/mol. The lowest BCUT2D eigenvalue weighted by Crippen LogP contribution is -2.05. The molecule has 0 bridgehead atoms. The third kappa shape index (κ3) is 2.53. The Morgan fingerprint density at radius 1 is 1.69 bits per heavy atom. The Kier molecular flexibility index (Phi) is 3.93. The summed E-state index contributed by atoms with van der Waals surface area (Å²) in [6.07, 6.45) is 2.09. The molecule has 6 heteroatoms. The molecule has 1 N–H and O–H groups in total. The molecular formula is C10H13N3O3. The molecule has 0 aliphatic heterocycles. The van der Waals surface area contributed by atoms with Crippen molar-refractivity contribution in [1.82, 2.24) is 4.98 Å². The Morgan fingerprint density at radius 2 is 2.38 bits per heavy atom. The highest BCUT2D eigenvalue weighted by atomic mass is 16.6. The highest BCUT2D eigenvalue weighted by Crippen LogP contribution is 2.26. The summed E-state index contributed by atoms with van der Waals surface area (Å²) in [6.45, 7) is 4.06. The van der Waals surface area contributed by atoms with Crippen molar-refractivity contribution in [2.75, 3.05) is 11.9 Å². The largest absolute Gasteiger partial charge is 0.379 e. The SMILES string of the molecule is CCNc1cnc(C(C)C=O)cc1[N+](=O)[O-]. The molecule has 1 aromatic heterocycles. The summed E-state index contributed by atoms with van der Waals surface area (Å²) in [4.78, 5) is 24.9. The van der Waals surface area contributed by atoms with Crippen LogP contribution in [0.5, 0.6) is 0 Å². The van der Waals surface area contributed by atoms with Gasteiger partial charge in [-0.25, -0.2) is 0 Å². The molecule has 0 radical (unpaired) electrons. The molecule has 1 rings (SSSR count). The minimum Gasteiger partial charge on any atom is -0.379 e. The van der Waals surface area contributed by atoms with Crippen LogP contribution in [0.4, 0.5) is 11.4 Å². The number of rotatable bonds is 5. The fraction of sp³-hybridized carbons (Fsp3) is 0.400. The quantitative estimate of drug-likeness (QED) is 0.466. The van der Waals surface area contributed by atoms with Crippen LogP contribution in [0.1, 0.15) is 25.5 Å². The third-order valence-corrected chi connectivity index (χ3v) is 2.14. The van der Waals surface area contributed by atoms with Gasteiger partial charge in [0.2, 0.25) is 0 Å². The summed E-state index contributed by atoms with van der Waals surface area (Å²) in [7, 11) is 0. The number of hydrogen-bond donors (Lipinski definition) is 1. The van der Waals surface area contributed by atoms with Crippen LogP contribution in [-0.4, -0.2) is 22.7 Å². The lowest BCUT2D eigenvalue weighted by atomic mass is 10.1. The van der Waals surface area contributed by atoms with E-state index in [-0.39, 0.29) is 5.69 Å². The molecule has 86 valence electrons. The van der Waals surface area contributed by atoms with Gasteiger partial charge in [0.15, 0.2) is 0 Å². The van der Waals surface area contributed by atoms with Crippen LogP contribution in [0.25, 0.3) is 0 Å². The van der Waals surface area contributed by atoms with E-state index in [1.54, 1.807) is 6.92 Å². The Hall–Kier alpha value is -1.98. The van der Waals surface area contributed by atoms with Gasteiger partial charge >= 0.3 is 0 Å². The normalized spacial score (nSPS) is 11.9. The fourth-order valence-electron chi connectivity index (χ4n) is 1.26. The highest BCUT2D eigenvalue weighted by molar-refractivity contribution is 5.65. The van der Waals surface area contributed by atoms with Crippen molar-refractivity contribution in [2.45, 2.75) is 19.8 Å². The van der Waals surface area contributed by atoms with Crippen molar-refractivity contribution >= 4 is 17.7 Å². The first-order valence-electron chi connectivity index (χ1n) is 4.93. The van der Waals surface area contributed by atoms with E-state index < -0.39 is 10.8 Å². The van der Waals surface area contributed by atoms with Gasteiger partial charge in [0.1, 0.15) is 12.0 Å². The Balaban J connectivity index is 3.16. The van der Waals surface area contributed by atoms with Gasteiger partial charge in [0, 0.05) is 12.6 Å². The van der Waals surface area contributed by atoms with Crippen molar-refractivity contribution in [3.8, 4) is 0 Å². The number of anilines is 1. The zero-order valence-electron chi connectivity index (χ0n) is 9.14. The summed E-state index contributed by atoms with van der Waals surface area (Å²) in [5.41, 5.74) is 0.721. The van der Waals surface area contributed by atoms with Crippen molar-refractivity contribution in [3.63, 3.8) is 0 Å². The van der Waals surface area contributed by atoms with E-state index in [9.17, 15) is 14.9 Å². The predicted molar refractivity (Wildman–Crippen MR) is 59.5 cm³/mol. The standard InChI is InChI=1S/C10H13N3O3/c1-3-11-9-5-12-8(7(2)6-14)4-10(9)13(15)16/h4-7,11H,3H2,1-2H3. The summed E-state index contributed by atoms with van der Waals surface area (Å²) in [5, 5.41) is 13.7. The number of nitro groups is 1. The van der Waals surface area contributed by atoms with Crippen molar-refractivity contribution in [2.24, 2.45) is 0 Å². The molecule has 1 aromatic rings. The Bertz CT molecular complexity index is 406. The van der Waals surface area contributed by atoms with E-state index in [0.717, 1.165) is 0 Å². The molecule has 1 atom stereocenters. The molecule has 0 spiro atoms. The van der Waals surface area contributed by atoms with Gasteiger partial charge < -0.3 is 10.1 Å². The summed E-state index contributed by atoms with van der Waals surface area (Å²) in [6, 6.07) is 1.33. The van der Waals surface area contributed by atoms with Crippen molar-refractivity contribution in [1.29, 1.82) is 0 Å². The molecule has 0 saturated carbocycles. The van der Waals surface area contributed by atoms with Gasteiger partial charge in [-0.1, -0.05) is 6.92 Å². The maximum Gasteiger partial charge on any atom is 0.295 e. The molecule has 0 amide bonds. The van der Waals surface area contributed by atoms with Crippen LogP contribution in [0.3, 0.4) is 0 Å². The van der Waals surface area contributed by atoms with E-state index in [1.165, 1.54) is 12.3 Å². The first kappa shape index (κ1) is 12.1. The predicted octanol–water partition coefficient (Wildman–Crippen LogP) is 1.72. The monoisotopic (exact) mass is 223 g/mol. The molecule has 0 aliphatic carbocycles. The van der Waals surface area contributed by atoms with Gasteiger partial charge in [-0.3, -0.25) is 15.1 Å². The number of nitrogens with zero attached hydrogens (tertiary/aromatic N) is 2. The van der Waals surface area contributed by atoms with E-state index in [4.69, 9.17) is 0 Å². The van der Waals surface area contributed by atoms with Gasteiger partial charge in [0.05, 0.1) is 22.7 Å². The number of hydrogen-bond acceptors (Lipinski definition) is 5. The molecule has 0 saturated heterocycles. The molecule has 0 aliphatic rings. The van der Waals surface area contributed by atoms with Crippen LogP contribution in [-0.2, 0) is 4.79 Å². The number of pyridine rings is 1. The number of aldehydes is 1. The molecule has 1 unspecified atom stereocenters. The average Bonchev–Trinajstić information content (AvgIpc) is 2.28. The zero-order chi connectivity index (χ0) is 12.1. The number of carbonyl (C=O) groups is 1. The van der Waals surface area contributed by atoms with Gasteiger partial charge in [0.25, 0.3) is 5.69 Å². The molecule has 16 heavy (non-hydrogen) atoms. The van der Waals surface area contributed by atoms with E-state index >= 15 is 0 Å². The molecule has 1 heterocycles. The fourth-order valence-corrected chi connectivity index (χ4v) is 1.26. The number of carbonyl (C=O) groups excluding carboxylic acids is 1. The minimum atomic E-state index is -0.485. The van der Waals surface area contributed by atoms with Crippen LogP contribution in [0.2, 0.25) is 0 Å². The Morgan fingerprint density at radius 3 is 2.88 bits per heavy atom. The zero-order valence-corrected chi connectivity index (χ0v) is 9.14. The second-order valence-electron chi connectivity index (χ2n) is 3.34. The van der Waals surface area contributed by atoms with Crippen LogP contribution < -0.4 is 5.32 Å². The third-order valence-electron chi connectivity index (χ3n) is 2.14. The van der Waals surface area contributed by atoms with Crippen molar-refractivity contribution in [3.05, 3.63) is 28.1 Å². The summed E-state index contributed by atoms with van der Waals surface area (Å²) >= 11 is 0. The molecule has 0 aromatic carbocycles. The van der Waals surface area contributed by atoms with Gasteiger partial charge in [-0.05, 0) is 6.92 Å². The minimum absolute atomic E-state index is 0.0550. The van der Waals surface area contributed by atoms with Crippen LogP contribution >= 0.6 is 0 Å². The lowest BCUT2D eigenvalue weighted by Gasteiger charge is -2.07. The van der Waals surface area contributed by atoms with Crippen LogP contribution in [0.15, 0.2) is 12.3 Å². The number of aromatic nitrogens is 1. The second-order valence-corrected chi connectivity index (χ2v) is 3.34. The van der Waals surface area contributed by atoms with Crippen LogP contribution in [0, 0.1) is 10.1 Å². The second kappa shape index (κ2) is 5.20. The van der Waals surface area contributed by atoms with Gasteiger partial charge in [-0.2, -0.15) is 0 Å². The van der Waals surface area contributed by atoms with Gasteiger partial charge in [-0.15, -0.1) is 0 Å². The molecule has 6 nitrogen and oxygen atoms in total. The van der Waals surface area contributed by atoms with Crippen molar-refractivity contribution < 1.29 is 9.72 Å². The Labute approximate surface area is 92.8 Å². The van der Waals surface area contributed by atoms with E-state index in [1.807, 2.05) is 6.92 Å². The maximum atomic E-state index is 10.8. The van der Waals surface area contributed by atoms with E-state index in [2.05, 4.69) is 10.3 Å². The first-order chi connectivity index (χ1) is 7.60. The summed E-state index contributed by atoms with van der Waals surface area (Å²) in [5.74, 6) is -0.436. The molecule has 0 fully saturated rings. The molecular weight excluding hydrogens is 210 g/mol. The van der Waals surface area contributed by atoms with E-state index in [0.29, 0.717) is 24.2 Å².